The van der Waals surface area contributed by atoms with Crippen molar-refractivity contribution in [3.63, 3.8) is 0 Å². The summed E-state index contributed by atoms with van der Waals surface area (Å²) in [5.41, 5.74) is 2.28. The van der Waals surface area contributed by atoms with Gasteiger partial charge in [0.1, 0.15) is 0 Å². The van der Waals surface area contributed by atoms with E-state index in [9.17, 15) is 0 Å². The van der Waals surface area contributed by atoms with Gasteiger partial charge in [-0.2, -0.15) is 0 Å². The summed E-state index contributed by atoms with van der Waals surface area (Å²) >= 11 is 1.77. The van der Waals surface area contributed by atoms with Crippen LogP contribution in [0.5, 0.6) is 0 Å². The number of hydrogen-bond acceptors (Lipinski definition) is 2. The molecule has 0 aromatic rings. The van der Waals surface area contributed by atoms with Crippen LogP contribution in [0.4, 0.5) is 0 Å². The molecule has 0 aromatic carbocycles. The van der Waals surface area contributed by atoms with Crippen LogP contribution in [0.15, 0.2) is 39.1 Å². The summed E-state index contributed by atoms with van der Waals surface area (Å²) in [4.78, 5) is 6.74. The first-order valence-corrected chi connectivity index (χ1v) is 4.67. The van der Waals surface area contributed by atoms with Gasteiger partial charge >= 0.3 is 0 Å². The summed E-state index contributed by atoms with van der Waals surface area (Å²) in [6.07, 6.45) is 3.98. The molecule has 0 bridgehead atoms. The molecule has 12 heavy (non-hydrogen) atoms. The van der Waals surface area contributed by atoms with Crippen LogP contribution in [-0.2, 0) is 0 Å². The minimum absolute atomic E-state index is 1.08. The largest absolute Gasteiger partial charge is 0.287 e. The van der Waals surface area contributed by atoms with Gasteiger partial charge in [-0.3, -0.25) is 4.99 Å². The zero-order valence-electron chi connectivity index (χ0n) is 7.72. The minimum Gasteiger partial charge on any atom is -0.287 e. The average molecular weight is 179 g/mol. The maximum absolute atomic E-state index is 4.20. The molecule has 0 amide bonds. The van der Waals surface area contributed by atoms with E-state index < -0.39 is 0 Å². The second-order valence-corrected chi connectivity index (χ2v) is 3.94. The molecule has 1 heterocycles. The molecule has 0 fully saturated rings. The molecular formula is C10H13NS. The summed E-state index contributed by atoms with van der Waals surface area (Å²) < 4.78 is 0. The van der Waals surface area contributed by atoms with Crippen molar-refractivity contribution >= 4 is 17.5 Å². The zero-order chi connectivity index (χ0) is 9.14. The molecule has 1 aliphatic rings. The van der Waals surface area contributed by atoms with E-state index in [1.54, 1.807) is 11.8 Å². The van der Waals surface area contributed by atoms with Crippen molar-refractivity contribution < 1.29 is 0 Å². The first kappa shape index (κ1) is 9.33. The molecule has 1 nitrogen and oxygen atoms in total. The third-order valence-corrected chi connectivity index (χ3v) is 2.92. The first-order chi connectivity index (χ1) is 5.69. The molecular weight excluding hydrogens is 166 g/mol. The van der Waals surface area contributed by atoms with Gasteiger partial charge in [-0.05, 0) is 30.4 Å². The monoisotopic (exact) mass is 179 g/mol. The van der Waals surface area contributed by atoms with Crippen LogP contribution in [-0.4, -0.2) is 12.8 Å². The van der Waals surface area contributed by atoms with E-state index in [4.69, 9.17) is 0 Å². The lowest BCUT2D eigenvalue weighted by molar-refractivity contribution is 1.43. The highest BCUT2D eigenvalue weighted by Crippen LogP contribution is 2.35. The fourth-order valence-corrected chi connectivity index (χ4v) is 2.03. The van der Waals surface area contributed by atoms with Crippen molar-refractivity contribution in [3.05, 3.63) is 34.1 Å². The maximum atomic E-state index is 4.20. The number of rotatable bonds is 1. The maximum Gasteiger partial charge on any atom is 0.0720 e. The van der Waals surface area contributed by atoms with Crippen LogP contribution in [0, 0.1) is 0 Å². The number of nitrogens with zero attached hydrogens (tertiary/aromatic N) is 1. The van der Waals surface area contributed by atoms with Crippen LogP contribution in [0.2, 0.25) is 0 Å². The van der Waals surface area contributed by atoms with Crippen LogP contribution in [0.25, 0.3) is 0 Å². The third-order valence-electron chi connectivity index (χ3n) is 1.74. The Morgan fingerprint density at radius 2 is 2.33 bits per heavy atom. The van der Waals surface area contributed by atoms with E-state index >= 15 is 0 Å². The topological polar surface area (TPSA) is 12.4 Å². The normalized spacial score (nSPS) is 24.2. The Morgan fingerprint density at radius 3 is 2.83 bits per heavy atom. The third kappa shape index (κ3) is 1.69. The summed E-state index contributed by atoms with van der Waals surface area (Å²) in [6, 6.07) is 0. The number of hydrogen-bond donors (Lipinski definition) is 0. The predicted octanol–water partition coefficient (Wildman–Crippen LogP) is 3.17. The van der Waals surface area contributed by atoms with Crippen molar-refractivity contribution in [1.82, 2.24) is 0 Å². The quantitative estimate of drug-likeness (QED) is 0.602. The molecule has 0 aromatic heterocycles. The standard InChI is InChI=1S/C10H13NS/c1-5-7(2)10-9(11-4)6-8(3)12-10/h5-6H,1H2,2-4H3/b10-7+,11-9?. The number of allylic oxidation sites excluding steroid dienone is 5. The van der Waals surface area contributed by atoms with Gasteiger partial charge in [0.2, 0.25) is 0 Å². The summed E-state index contributed by atoms with van der Waals surface area (Å²) in [5.74, 6) is 0. The van der Waals surface area contributed by atoms with E-state index in [0.717, 1.165) is 5.71 Å². The lowest BCUT2D eigenvalue weighted by Crippen LogP contribution is -1.92. The minimum atomic E-state index is 1.08. The Morgan fingerprint density at radius 1 is 1.67 bits per heavy atom. The van der Waals surface area contributed by atoms with Gasteiger partial charge < -0.3 is 0 Å². The molecule has 0 atom stereocenters. The van der Waals surface area contributed by atoms with Gasteiger partial charge in [0.25, 0.3) is 0 Å². The van der Waals surface area contributed by atoms with Crippen molar-refractivity contribution in [2.45, 2.75) is 13.8 Å². The van der Waals surface area contributed by atoms with Crippen LogP contribution >= 0.6 is 11.8 Å². The summed E-state index contributed by atoms with van der Waals surface area (Å²) in [5, 5.41) is 0. The van der Waals surface area contributed by atoms with E-state index in [1.807, 2.05) is 13.1 Å². The van der Waals surface area contributed by atoms with E-state index in [0.29, 0.717) is 0 Å². The zero-order valence-corrected chi connectivity index (χ0v) is 8.53. The molecule has 0 aliphatic carbocycles. The van der Waals surface area contributed by atoms with Crippen molar-refractivity contribution in [2.24, 2.45) is 4.99 Å². The Kier molecular flexibility index (Phi) is 2.93. The lowest BCUT2D eigenvalue weighted by atomic mass is 10.2. The fourth-order valence-electron chi connectivity index (χ4n) is 1.04. The van der Waals surface area contributed by atoms with Crippen LogP contribution < -0.4 is 0 Å². The molecule has 64 valence electrons. The molecule has 0 spiro atoms. The summed E-state index contributed by atoms with van der Waals surface area (Å²) in [7, 11) is 1.82. The van der Waals surface area contributed by atoms with Gasteiger partial charge in [-0.25, -0.2) is 0 Å². The molecule has 1 rings (SSSR count). The van der Waals surface area contributed by atoms with Gasteiger partial charge in [0.15, 0.2) is 0 Å². The smallest absolute Gasteiger partial charge is 0.0720 e. The molecule has 1 aliphatic heterocycles. The number of thioether (sulfide) groups is 1. The van der Waals surface area contributed by atoms with Crippen molar-refractivity contribution in [2.75, 3.05) is 7.05 Å². The Labute approximate surface area is 78.0 Å². The van der Waals surface area contributed by atoms with Gasteiger partial charge in [-0.1, -0.05) is 24.4 Å². The van der Waals surface area contributed by atoms with E-state index in [1.165, 1.54) is 15.4 Å². The lowest BCUT2D eigenvalue weighted by Gasteiger charge is -2.00. The summed E-state index contributed by atoms with van der Waals surface area (Å²) in [6.45, 7) is 7.91. The number of aliphatic imine (C=N–C) groups is 1. The highest BCUT2D eigenvalue weighted by molar-refractivity contribution is 8.08. The van der Waals surface area contributed by atoms with Gasteiger partial charge in [-0.15, -0.1) is 0 Å². The predicted molar refractivity (Wildman–Crippen MR) is 57.6 cm³/mol. The van der Waals surface area contributed by atoms with Crippen molar-refractivity contribution in [3.8, 4) is 0 Å². The molecule has 0 saturated carbocycles. The molecule has 0 radical (unpaired) electrons. The highest BCUT2D eigenvalue weighted by Gasteiger charge is 2.15. The van der Waals surface area contributed by atoms with E-state index in [-0.39, 0.29) is 0 Å². The molecule has 0 saturated heterocycles. The Bertz CT molecular complexity index is 295. The Balaban J connectivity index is 3.08. The Hall–Kier alpha value is -0.760. The second-order valence-electron chi connectivity index (χ2n) is 2.68. The van der Waals surface area contributed by atoms with Crippen LogP contribution in [0.3, 0.4) is 0 Å². The average Bonchev–Trinajstić information content (AvgIpc) is 2.45. The molecule has 2 heteroatoms. The fraction of sp³-hybridized carbons (Fsp3) is 0.300. The van der Waals surface area contributed by atoms with Gasteiger partial charge in [0, 0.05) is 12.0 Å². The second kappa shape index (κ2) is 3.76. The van der Waals surface area contributed by atoms with E-state index in [2.05, 4.69) is 31.5 Å². The van der Waals surface area contributed by atoms with Gasteiger partial charge in [0.05, 0.1) is 5.71 Å². The first-order valence-electron chi connectivity index (χ1n) is 3.85. The van der Waals surface area contributed by atoms with Crippen molar-refractivity contribution in [1.29, 1.82) is 0 Å². The SMILES string of the molecule is C=C/C(C)=C1/SC(C)=CC1=NC. The highest BCUT2D eigenvalue weighted by atomic mass is 32.2. The molecule has 0 N–H and O–H groups in total. The van der Waals surface area contributed by atoms with Crippen LogP contribution in [0.1, 0.15) is 13.8 Å². The molecule has 0 unspecified atom stereocenters.